The van der Waals surface area contributed by atoms with E-state index in [4.69, 9.17) is 31.0 Å². The first-order valence-corrected chi connectivity index (χ1v) is 15.5. The molecule has 4 atom stereocenters. The van der Waals surface area contributed by atoms with Gasteiger partial charge in [-0.1, -0.05) is 36.4 Å². The Balaban J connectivity index is 1.56. The number of aromatic nitrogens is 4. The molecule has 16 heteroatoms. The summed E-state index contributed by atoms with van der Waals surface area (Å²) >= 11 is 7.51. The van der Waals surface area contributed by atoms with Crippen molar-refractivity contribution in [2.45, 2.75) is 11.9 Å². The van der Waals surface area contributed by atoms with Crippen molar-refractivity contribution in [2.24, 2.45) is 11.8 Å². The molecule has 0 radical (unpaired) electrons. The van der Waals surface area contributed by atoms with E-state index in [0.29, 0.717) is 3.70 Å². The van der Waals surface area contributed by atoms with Crippen molar-refractivity contribution in [2.75, 3.05) is 24.2 Å². The molecule has 220 valence electrons. The second-order valence-corrected chi connectivity index (χ2v) is 12.4. The molecule has 5 rings (SSSR count). The summed E-state index contributed by atoms with van der Waals surface area (Å²) in [5, 5.41) is -1.01. The largest absolute Gasteiger partial charge is 0.462 e. The molecule has 1 aliphatic rings. The molecule has 0 spiro atoms. The summed E-state index contributed by atoms with van der Waals surface area (Å²) in [4.78, 5) is 37.9. The van der Waals surface area contributed by atoms with Gasteiger partial charge in [0.15, 0.2) is 11.8 Å². The number of esters is 2. The fraction of sp³-hybridized carbons (Fsp3) is 0.269. The lowest BCUT2D eigenvalue weighted by Gasteiger charge is -2.55. The SMILES string of the molecule is Nc1nc(I)c2ncn(C3(OS(=O)(=O)CCl)C(F)C(COC(=O)c4ccccc4)C3COC(=O)c3ccccc3)c2n1. The van der Waals surface area contributed by atoms with E-state index in [1.807, 2.05) is 22.6 Å². The highest BCUT2D eigenvalue weighted by Gasteiger charge is 2.69. The van der Waals surface area contributed by atoms with Crippen molar-refractivity contribution in [1.29, 1.82) is 0 Å². The van der Waals surface area contributed by atoms with Gasteiger partial charge in [-0.05, 0) is 46.9 Å². The van der Waals surface area contributed by atoms with Gasteiger partial charge in [0.05, 0.1) is 36.6 Å². The van der Waals surface area contributed by atoms with Gasteiger partial charge in [0.2, 0.25) is 11.7 Å². The van der Waals surface area contributed by atoms with Crippen LogP contribution in [0.1, 0.15) is 20.7 Å². The van der Waals surface area contributed by atoms with Crippen LogP contribution in [-0.2, 0) is 29.5 Å². The Bertz CT molecular complexity index is 1730. The lowest BCUT2D eigenvalue weighted by atomic mass is 9.64. The summed E-state index contributed by atoms with van der Waals surface area (Å²) in [6.07, 6.45) is -0.999. The predicted octanol–water partition coefficient (Wildman–Crippen LogP) is 3.51. The van der Waals surface area contributed by atoms with Gasteiger partial charge in [-0.15, -0.1) is 11.6 Å². The van der Waals surface area contributed by atoms with Crippen LogP contribution in [0.5, 0.6) is 0 Å². The van der Waals surface area contributed by atoms with Crippen LogP contribution in [-0.4, -0.2) is 64.5 Å². The number of ether oxygens (including phenoxy) is 2. The molecule has 0 bridgehead atoms. The Morgan fingerprint density at radius 1 is 1.00 bits per heavy atom. The number of hydrogen-bond acceptors (Lipinski definition) is 11. The predicted molar refractivity (Wildman–Crippen MR) is 156 cm³/mol. The minimum Gasteiger partial charge on any atom is -0.462 e. The lowest BCUT2D eigenvalue weighted by molar-refractivity contribution is -0.254. The number of alkyl halides is 2. The molecule has 0 amide bonds. The summed E-state index contributed by atoms with van der Waals surface area (Å²) in [5.41, 5.74) is 4.06. The summed E-state index contributed by atoms with van der Waals surface area (Å²) in [7, 11) is -4.56. The number of nitrogen functional groups attached to an aromatic ring is 1. The Morgan fingerprint density at radius 3 is 2.14 bits per heavy atom. The number of hydrogen-bond donors (Lipinski definition) is 1. The minimum atomic E-state index is -4.56. The molecular formula is C26H22ClFIN5O7S. The summed E-state index contributed by atoms with van der Waals surface area (Å²) < 4.78 is 59.9. The number of carbonyl (C=O) groups excluding carboxylic acids is 2. The molecule has 1 saturated carbocycles. The molecule has 1 aliphatic carbocycles. The topological polar surface area (TPSA) is 166 Å². The number of rotatable bonds is 10. The third-order valence-corrected chi connectivity index (χ3v) is 9.12. The zero-order valence-corrected chi connectivity index (χ0v) is 25.2. The first-order chi connectivity index (χ1) is 20.1. The van der Waals surface area contributed by atoms with Crippen molar-refractivity contribution in [1.82, 2.24) is 19.5 Å². The van der Waals surface area contributed by atoms with Crippen LogP contribution in [0.3, 0.4) is 0 Å². The van der Waals surface area contributed by atoms with E-state index < -0.39 is 64.2 Å². The van der Waals surface area contributed by atoms with Gasteiger partial charge in [-0.2, -0.15) is 13.4 Å². The molecule has 2 aromatic carbocycles. The van der Waals surface area contributed by atoms with Crippen LogP contribution in [0.4, 0.5) is 10.3 Å². The van der Waals surface area contributed by atoms with Crippen LogP contribution in [0.25, 0.3) is 11.2 Å². The van der Waals surface area contributed by atoms with E-state index in [1.165, 1.54) is 24.3 Å². The average Bonchev–Trinajstić information content (AvgIpc) is 3.42. The maximum atomic E-state index is 16.5. The molecule has 1 fully saturated rings. The van der Waals surface area contributed by atoms with Gasteiger partial charge in [0.1, 0.15) is 14.4 Å². The number of nitrogens with zero attached hydrogens (tertiary/aromatic N) is 4. The number of carbonyl (C=O) groups is 2. The van der Waals surface area contributed by atoms with Crippen LogP contribution >= 0.6 is 34.2 Å². The van der Waals surface area contributed by atoms with Crippen molar-refractivity contribution >= 4 is 73.4 Å². The standard InChI is InChI=1S/C26H22ClFIN5O7S/c27-13-42(37,38)41-26(34-14-31-19-21(29)32-25(30)33-22(19)34)18(12-40-24(36)16-9-5-2-6-10-16)17(20(26)28)11-39-23(35)15-7-3-1-4-8-15/h1-10,14,17-18,20H,11-13H2,(H2,30,32,33). The van der Waals surface area contributed by atoms with Gasteiger partial charge in [-0.3, -0.25) is 4.57 Å². The van der Waals surface area contributed by atoms with Gasteiger partial charge >= 0.3 is 11.9 Å². The molecule has 42 heavy (non-hydrogen) atoms. The second kappa shape index (κ2) is 12.1. The molecule has 0 saturated heterocycles. The number of halogens is 3. The molecular weight excluding hydrogens is 708 g/mol. The quantitative estimate of drug-likeness (QED) is 0.0835. The van der Waals surface area contributed by atoms with E-state index >= 15 is 4.39 Å². The lowest BCUT2D eigenvalue weighted by Crippen LogP contribution is -2.69. The summed E-state index contributed by atoms with van der Waals surface area (Å²) in [6.45, 7) is -1.02. The Kier molecular flexibility index (Phi) is 8.63. The maximum Gasteiger partial charge on any atom is 0.338 e. The number of nitrogens with two attached hydrogens (primary N) is 1. The Labute approximate surface area is 257 Å². The summed E-state index contributed by atoms with van der Waals surface area (Å²) in [6, 6.07) is 16.1. The highest BCUT2D eigenvalue weighted by atomic mass is 127. The van der Waals surface area contributed by atoms with E-state index in [0.717, 1.165) is 10.9 Å². The first-order valence-electron chi connectivity index (χ1n) is 12.3. The van der Waals surface area contributed by atoms with Crippen molar-refractivity contribution in [3.63, 3.8) is 0 Å². The van der Waals surface area contributed by atoms with Gasteiger partial charge in [0.25, 0.3) is 10.1 Å². The highest BCUT2D eigenvalue weighted by molar-refractivity contribution is 14.1. The van der Waals surface area contributed by atoms with Crippen molar-refractivity contribution in [3.8, 4) is 0 Å². The zero-order chi connectivity index (χ0) is 30.1. The average molecular weight is 730 g/mol. The number of benzene rings is 2. The number of imidazole rings is 1. The molecule has 4 aromatic rings. The molecule has 0 aliphatic heterocycles. The molecule has 4 unspecified atom stereocenters. The fourth-order valence-corrected chi connectivity index (χ4v) is 6.33. The van der Waals surface area contributed by atoms with E-state index in [9.17, 15) is 18.0 Å². The fourth-order valence-electron chi connectivity index (χ4n) is 4.82. The van der Waals surface area contributed by atoms with Gasteiger partial charge in [0, 0.05) is 5.92 Å². The first kappa shape index (κ1) is 30.1. The highest BCUT2D eigenvalue weighted by Crippen LogP contribution is 2.54. The summed E-state index contributed by atoms with van der Waals surface area (Å²) in [5.74, 6) is -4.06. The molecule has 2 heterocycles. The number of fused-ring (bicyclic) bond motifs is 1. The van der Waals surface area contributed by atoms with Crippen LogP contribution in [0.2, 0.25) is 0 Å². The van der Waals surface area contributed by atoms with Crippen LogP contribution in [0, 0.1) is 15.5 Å². The third kappa shape index (κ3) is 5.65. The zero-order valence-electron chi connectivity index (χ0n) is 21.5. The molecule has 12 nitrogen and oxygen atoms in total. The van der Waals surface area contributed by atoms with E-state index in [1.54, 1.807) is 36.4 Å². The van der Waals surface area contributed by atoms with Crippen LogP contribution < -0.4 is 5.73 Å². The molecule has 2 N–H and O–H groups in total. The normalized spacial score (nSPS) is 21.9. The second-order valence-electron chi connectivity index (χ2n) is 9.26. The van der Waals surface area contributed by atoms with Crippen LogP contribution in [0.15, 0.2) is 67.0 Å². The Hall–Kier alpha value is -3.41. The van der Waals surface area contributed by atoms with Gasteiger partial charge < -0.3 is 15.2 Å². The smallest absolute Gasteiger partial charge is 0.338 e. The van der Waals surface area contributed by atoms with E-state index in [2.05, 4.69) is 15.0 Å². The number of anilines is 1. The van der Waals surface area contributed by atoms with Crippen molar-refractivity contribution < 1.29 is 36.1 Å². The minimum absolute atomic E-state index is 0.0292. The van der Waals surface area contributed by atoms with E-state index in [-0.39, 0.29) is 28.2 Å². The Morgan fingerprint density at radius 2 is 1.57 bits per heavy atom. The van der Waals surface area contributed by atoms with Gasteiger partial charge in [-0.25, -0.2) is 28.1 Å². The maximum absolute atomic E-state index is 16.5. The van der Waals surface area contributed by atoms with Crippen molar-refractivity contribution in [3.05, 3.63) is 81.8 Å². The third-order valence-electron chi connectivity index (χ3n) is 6.78. The monoisotopic (exact) mass is 729 g/mol. The molecule has 2 aromatic heterocycles.